The molecule has 0 aromatic heterocycles. The van der Waals surface area contributed by atoms with E-state index in [1.807, 2.05) is 0 Å². The number of alkyl halides is 2. The second-order valence-corrected chi connectivity index (χ2v) is 13.2. The maximum atomic E-state index is 15.4. The molecule has 0 bridgehead atoms. The number of hydrogen-bond donors (Lipinski definition) is 0. The minimum Gasteiger partial charge on any atom is -0.488 e. The van der Waals surface area contributed by atoms with Crippen LogP contribution in [0.5, 0.6) is 11.5 Å². The average Bonchev–Trinajstić information content (AvgIpc) is 3.02. The third kappa shape index (κ3) is 8.26. The van der Waals surface area contributed by atoms with Crippen LogP contribution < -0.4 is 9.47 Å². The Hall–Kier alpha value is -3.23. The quantitative estimate of drug-likeness (QED) is 0.142. The van der Waals surface area contributed by atoms with Gasteiger partial charge >= 0.3 is 6.11 Å². The van der Waals surface area contributed by atoms with Crippen molar-refractivity contribution in [2.75, 3.05) is 6.61 Å². The molecule has 256 valence electrons. The molecule has 2 fully saturated rings. The fourth-order valence-corrected chi connectivity index (χ4v) is 7.66. The zero-order chi connectivity index (χ0) is 33.7. The molecule has 47 heavy (non-hydrogen) atoms. The van der Waals surface area contributed by atoms with Gasteiger partial charge in [-0.05, 0) is 98.4 Å². The smallest absolute Gasteiger partial charge is 0.432 e. The number of benzene rings is 3. The summed E-state index contributed by atoms with van der Waals surface area (Å²) in [5.41, 5.74) is -1.36. The summed E-state index contributed by atoms with van der Waals surface area (Å²) in [6.45, 7) is 3.63. The van der Waals surface area contributed by atoms with E-state index in [2.05, 4.69) is 11.7 Å². The first kappa shape index (κ1) is 35.1. The van der Waals surface area contributed by atoms with E-state index in [0.29, 0.717) is 30.2 Å². The first-order chi connectivity index (χ1) is 22.5. The van der Waals surface area contributed by atoms with E-state index >= 15 is 13.2 Å². The largest absolute Gasteiger partial charge is 0.488 e. The van der Waals surface area contributed by atoms with Crippen LogP contribution in [0.25, 0.3) is 11.1 Å². The molecule has 3 aromatic carbocycles. The highest BCUT2D eigenvalue weighted by molar-refractivity contribution is 5.65. The average molecular weight is 665 g/mol. The summed E-state index contributed by atoms with van der Waals surface area (Å²) in [7, 11) is 0. The summed E-state index contributed by atoms with van der Waals surface area (Å²) < 4.78 is 113. The van der Waals surface area contributed by atoms with Crippen molar-refractivity contribution in [1.29, 1.82) is 0 Å². The summed E-state index contributed by atoms with van der Waals surface area (Å²) >= 11 is 0. The number of unbranched alkanes of at least 4 members (excludes halogenated alkanes) is 2. The normalized spacial score (nSPS) is 21.9. The second kappa shape index (κ2) is 15.3. The molecule has 9 heteroatoms. The van der Waals surface area contributed by atoms with Crippen LogP contribution in [0.1, 0.15) is 108 Å². The molecule has 2 nitrogen and oxygen atoms in total. The van der Waals surface area contributed by atoms with Gasteiger partial charge in [0, 0.05) is 17.7 Å². The van der Waals surface area contributed by atoms with Gasteiger partial charge in [0.15, 0.2) is 17.4 Å². The third-order valence-electron chi connectivity index (χ3n) is 10.2. The number of rotatable bonds is 12. The zero-order valence-electron chi connectivity index (χ0n) is 27.0. The van der Waals surface area contributed by atoms with Crippen molar-refractivity contribution in [1.82, 2.24) is 0 Å². The van der Waals surface area contributed by atoms with Crippen molar-refractivity contribution < 1.29 is 40.2 Å². The van der Waals surface area contributed by atoms with Gasteiger partial charge in [0.1, 0.15) is 28.8 Å². The zero-order valence-corrected chi connectivity index (χ0v) is 27.0. The summed E-state index contributed by atoms with van der Waals surface area (Å²) in [6.07, 6.45) is 10.0. The van der Waals surface area contributed by atoms with Crippen molar-refractivity contribution in [3.05, 3.63) is 82.7 Å². The maximum Gasteiger partial charge on any atom is 0.432 e. The SMILES string of the molecule is CCCCCC1CCC(C2CCC(c3ccc(-c4cc(F)c(C(F)(F)Oc5cc(F)c(OCC)c(F)c5)c(F)c4)c(F)c3)CC2)CC1. The Morgan fingerprint density at radius 1 is 0.681 bits per heavy atom. The van der Waals surface area contributed by atoms with Gasteiger partial charge < -0.3 is 9.47 Å². The van der Waals surface area contributed by atoms with Crippen molar-refractivity contribution in [3.63, 3.8) is 0 Å². The Labute approximate surface area is 272 Å². The molecular weight excluding hydrogens is 621 g/mol. The Bertz CT molecular complexity index is 1460. The van der Waals surface area contributed by atoms with Crippen LogP contribution in [0, 0.1) is 46.8 Å². The fraction of sp³-hybridized carbons (Fsp3) is 0.526. The standard InChI is InChI=1S/C38H43F7O2/c1-3-5-6-7-23-8-10-24(11-9-23)25-12-14-26(15-13-25)27-16-17-30(31(39)18-27)28-19-32(40)36(33(41)20-28)38(44,45)47-29-21-34(42)37(46-4-2)35(43)22-29/h16-26H,3-15H2,1-2H3. The van der Waals surface area contributed by atoms with E-state index < -0.39 is 52.3 Å². The van der Waals surface area contributed by atoms with Gasteiger partial charge in [0.25, 0.3) is 0 Å². The first-order valence-corrected chi connectivity index (χ1v) is 17.0. The molecule has 0 saturated heterocycles. The number of hydrogen-bond acceptors (Lipinski definition) is 2. The minimum atomic E-state index is -4.64. The lowest BCUT2D eigenvalue weighted by Crippen LogP contribution is -2.25. The Morgan fingerprint density at radius 3 is 1.83 bits per heavy atom. The van der Waals surface area contributed by atoms with Gasteiger partial charge in [0.2, 0.25) is 0 Å². The van der Waals surface area contributed by atoms with Gasteiger partial charge in [-0.3, -0.25) is 0 Å². The van der Waals surface area contributed by atoms with E-state index in [1.165, 1.54) is 70.4 Å². The molecular formula is C38H43F7O2. The second-order valence-electron chi connectivity index (χ2n) is 13.2. The molecule has 3 aromatic rings. The van der Waals surface area contributed by atoms with E-state index in [1.54, 1.807) is 6.07 Å². The Kier molecular flexibility index (Phi) is 11.4. The fourth-order valence-electron chi connectivity index (χ4n) is 7.66. The van der Waals surface area contributed by atoms with Crippen molar-refractivity contribution in [3.8, 4) is 22.6 Å². The van der Waals surface area contributed by atoms with Crippen LogP contribution >= 0.6 is 0 Å². The summed E-state index contributed by atoms with van der Waals surface area (Å²) in [6, 6.07) is 6.57. The molecule has 0 unspecified atom stereocenters. The van der Waals surface area contributed by atoms with Crippen LogP contribution in [0.4, 0.5) is 30.7 Å². The molecule has 0 spiro atoms. The molecule has 0 N–H and O–H groups in total. The van der Waals surface area contributed by atoms with Gasteiger partial charge in [-0.2, -0.15) is 8.78 Å². The third-order valence-corrected chi connectivity index (χ3v) is 10.2. The lowest BCUT2D eigenvalue weighted by molar-refractivity contribution is -0.189. The molecule has 2 aliphatic rings. The van der Waals surface area contributed by atoms with Crippen LogP contribution in [-0.4, -0.2) is 6.61 Å². The minimum absolute atomic E-state index is 0.0859. The molecule has 0 amide bonds. The van der Waals surface area contributed by atoms with Gasteiger partial charge in [-0.1, -0.05) is 57.6 Å². The summed E-state index contributed by atoms with van der Waals surface area (Å²) in [5.74, 6) is -6.02. The Morgan fingerprint density at radius 2 is 1.28 bits per heavy atom. The predicted octanol–water partition coefficient (Wildman–Crippen LogP) is 12.2. The van der Waals surface area contributed by atoms with E-state index in [0.717, 1.165) is 43.1 Å². The molecule has 5 rings (SSSR count). The molecule has 0 heterocycles. The van der Waals surface area contributed by atoms with Crippen molar-refractivity contribution in [2.24, 2.45) is 17.8 Å². The van der Waals surface area contributed by atoms with E-state index in [9.17, 15) is 17.6 Å². The van der Waals surface area contributed by atoms with Crippen LogP contribution in [0.3, 0.4) is 0 Å². The highest BCUT2D eigenvalue weighted by Crippen LogP contribution is 2.45. The summed E-state index contributed by atoms with van der Waals surface area (Å²) in [4.78, 5) is 0. The highest BCUT2D eigenvalue weighted by Gasteiger charge is 2.42. The Balaban J connectivity index is 1.22. The highest BCUT2D eigenvalue weighted by atomic mass is 19.3. The topological polar surface area (TPSA) is 18.5 Å². The molecule has 2 saturated carbocycles. The monoisotopic (exact) mass is 664 g/mol. The molecule has 0 aliphatic heterocycles. The predicted molar refractivity (Wildman–Crippen MR) is 168 cm³/mol. The summed E-state index contributed by atoms with van der Waals surface area (Å²) in [5, 5.41) is 0. The number of ether oxygens (including phenoxy) is 2. The van der Waals surface area contributed by atoms with E-state index in [4.69, 9.17) is 4.74 Å². The van der Waals surface area contributed by atoms with Gasteiger partial charge in [0.05, 0.1) is 6.61 Å². The lowest BCUT2D eigenvalue weighted by atomic mass is 9.68. The van der Waals surface area contributed by atoms with Crippen LogP contribution in [-0.2, 0) is 6.11 Å². The van der Waals surface area contributed by atoms with Gasteiger partial charge in [-0.15, -0.1) is 0 Å². The van der Waals surface area contributed by atoms with Gasteiger partial charge in [-0.25, -0.2) is 22.0 Å². The van der Waals surface area contributed by atoms with E-state index in [-0.39, 0.29) is 23.7 Å². The molecule has 0 atom stereocenters. The van der Waals surface area contributed by atoms with Crippen LogP contribution in [0.2, 0.25) is 0 Å². The van der Waals surface area contributed by atoms with Crippen molar-refractivity contribution >= 4 is 0 Å². The first-order valence-electron chi connectivity index (χ1n) is 17.0. The van der Waals surface area contributed by atoms with Crippen molar-refractivity contribution in [2.45, 2.75) is 103 Å². The lowest BCUT2D eigenvalue weighted by Gasteiger charge is -2.38. The number of halogens is 7. The molecule has 2 aliphatic carbocycles. The molecule has 0 radical (unpaired) electrons. The van der Waals surface area contributed by atoms with Crippen LogP contribution in [0.15, 0.2) is 42.5 Å². The maximum absolute atomic E-state index is 15.4.